The Morgan fingerprint density at radius 1 is 1.06 bits per heavy atom. The van der Waals surface area contributed by atoms with Gasteiger partial charge in [-0.1, -0.05) is 24.6 Å². The van der Waals surface area contributed by atoms with E-state index in [1.807, 2.05) is 4.90 Å². The average molecular weight is 605 g/mol. The van der Waals surface area contributed by atoms with Crippen LogP contribution >= 0.6 is 22.6 Å². The smallest absolute Gasteiger partial charge is 0.297 e. The number of hydrogen-bond acceptors (Lipinski definition) is 5. The fourth-order valence-electron chi connectivity index (χ4n) is 3.02. The highest BCUT2D eigenvalue weighted by Crippen LogP contribution is 2.22. The second-order valence-electron chi connectivity index (χ2n) is 7.93. The van der Waals surface area contributed by atoms with Crippen molar-refractivity contribution in [2.24, 2.45) is 0 Å². The lowest BCUT2D eigenvalue weighted by Crippen LogP contribution is -2.38. The molecule has 0 atom stereocenters. The van der Waals surface area contributed by atoms with Gasteiger partial charge < -0.3 is 0 Å². The predicted octanol–water partition coefficient (Wildman–Crippen LogP) is 4.96. The summed E-state index contributed by atoms with van der Waals surface area (Å²) in [7, 11) is -4.10. The normalized spacial score (nSPS) is 15.4. The van der Waals surface area contributed by atoms with Gasteiger partial charge in [0, 0.05) is 12.6 Å². The number of halogens is 5. The molecule has 2 aromatic rings. The molecular weight excluding hydrogens is 577 g/mol. The molecule has 6 nitrogen and oxygen atoms in total. The van der Waals surface area contributed by atoms with Gasteiger partial charge in [-0.2, -0.15) is 13.5 Å². The third-order valence-corrected chi connectivity index (χ3v) is 6.74. The van der Waals surface area contributed by atoms with Crippen LogP contribution in [0, 0.1) is 10.5 Å². The van der Waals surface area contributed by atoms with Crippen LogP contribution in [0.1, 0.15) is 31.7 Å². The molecule has 0 N–H and O–H groups in total. The molecule has 1 saturated heterocycles. The van der Waals surface area contributed by atoms with Crippen LogP contribution in [0.2, 0.25) is 0 Å². The summed E-state index contributed by atoms with van der Waals surface area (Å²) >= 11 is 2.06. The van der Waals surface area contributed by atoms with E-state index >= 15 is 0 Å². The van der Waals surface area contributed by atoms with Crippen molar-refractivity contribution < 1.29 is 30.2 Å². The molecule has 12 heteroatoms. The zero-order chi connectivity index (χ0) is 24.7. The van der Waals surface area contributed by atoms with Gasteiger partial charge in [0.1, 0.15) is 13.2 Å². The molecule has 1 fully saturated rings. The summed E-state index contributed by atoms with van der Waals surface area (Å²) in [5, 5.41) is 3.89. The molecule has 33 heavy (non-hydrogen) atoms. The molecule has 2 heterocycles. The Morgan fingerprint density at radius 2 is 1.67 bits per heavy atom. The summed E-state index contributed by atoms with van der Waals surface area (Å²) < 4.78 is 82.7. The maximum Gasteiger partial charge on any atom is 0.297 e. The highest BCUT2D eigenvalue weighted by Gasteiger charge is 2.33. The summed E-state index contributed by atoms with van der Waals surface area (Å²) in [5.74, 6) is -5.82. The van der Waals surface area contributed by atoms with Crippen LogP contribution in [0.25, 0.3) is 0 Å². The summed E-state index contributed by atoms with van der Waals surface area (Å²) in [6.45, 7) is 3.05. The second-order valence-corrected chi connectivity index (χ2v) is 10.8. The van der Waals surface area contributed by atoms with Gasteiger partial charge in [-0.15, -0.1) is 0 Å². The molecule has 1 aromatic heterocycles. The standard InChI is InChI=1S/C11H14F2O3S.C10H14F2IN3/c1-3-11(12,13)8-16-17(14,15)10-6-4-9(2)5-7-10;11-10(12,7-15-3-1-2-4-15)8-16-6-9(13)5-14-16/h4-7H,3,8H2,1-2H3;5-6H,1-4,7-8H2. The zero-order valence-corrected chi connectivity index (χ0v) is 21.5. The maximum absolute atomic E-state index is 13.7. The summed E-state index contributed by atoms with van der Waals surface area (Å²) in [4.78, 5) is 1.71. The number of aromatic nitrogens is 2. The highest BCUT2D eigenvalue weighted by molar-refractivity contribution is 14.1. The van der Waals surface area contributed by atoms with Gasteiger partial charge in [-0.05, 0) is 67.6 Å². The van der Waals surface area contributed by atoms with Gasteiger partial charge in [0.05, 0.1) is 21.2 Å². The molecule has 0 saturated carbocycles. The summed E-state index contributed by atoms with van der Waals surface area (Å²) in [6.07, 6.45) is 4.84. The van der Waals surface area contributed by atoms with Crippen molar-refractivity contribution >= 4 is 32.7 Å². The molecule has 1 aliphatic heterocycles. The molecule has 1 aromatic carbocycles. The number of aryl methyl sites for hydroxylation is 1. The van der Waals surface area contributed by atoms with Gasteiger partial charge in [0.2, 0.25) is 0 Å². The van der Waals surface area contributed by atoms with Crippen LogP contribution in [0.3, 0.4) is 0 Å². The third-order valence-electron chi connectivity index (χ3n) is 4.90. The van der Waals surface area contributed by atoms with E-state index < -0.39 is 35.0 Å². The topological polar surface area (TPSA) is 64.4 Å². The number of alkyl halides is 4. The van der Waals surface area contributed by atoms with E-state index in [1.54, 1.807) is 31.5 Å². The zero-order valence-electron chi connectivity index (χ0n) is 18.5. The Morgan fingerprint density at radius 3 is 2.18 bits per heavy atom. The van der Waals surface area contributed by atoms with E-state index in [2.05, 4.69) is 31.9 Å². The van der Waals surface area contributed by atoms with Crippen molar-refractivity contribution in [2.75, 3.05) is 26.2 Å². The lowest BCUT2D eigenvalue weighted by molar-refractivity contribution is -0.0443. The number of benzene rings is 1. The number of hydrogen-bond donors (Lipinski definition) is 0. The number of rotatable bonds is 9. The van der Waals surface area contributed by atoms with Crippen LogP contribution < -0.4 is 0 Å². The Balaban J connectivity index is 0.000000234. The first kappa shape index (κ1) is 28.0. The quantitative estimate of drug-likeness (QED) is 0.230. The maximum atomic E-state index is 13.7. The fourth-order valence-corrected chi connectivity index (χ4v) is 4.40. The van der Waals surface area contributed by atoms with Gasteiger partial charge in [-0.25, -0.2) is 17.6 Å². The number of likely N-dealkylation sites (tertiary alicyclic amines) is 1. The second kappa shape index (κ2) is 11.9. The van der Waals surface area contributed by atoms with E-state index in [1.165, 1.54) is 23.7 Å². The molecule has 0 spiro atoms. The average Bonchev–Trinajstić information content (AvgIpc) is 3.38. The van der Waals surface area contributed by atoms with E-state index in [4.69, 9.17) is 0 Å². The minimum Gasteiger partial charge on any atom is -0.297 e. The van der Waals surface area contributed by atoms with E-state index in [0.29, 0.717) is 0 Å². The van der Waals surface area contributed by atoms with Crippen LogP contribution in [0.15, 0.2) is 41.6 Å². The molecule has 0 bridgehead atoms. The Hall–Kier alpha value is -1.25. The van der Waals surface area contributed by atoms with Gasteiger partial charge in [-0.3, -0.25) is 13.8 Å². The van der Waals surface area contributed by atoms with Crippen LogP contribution in [0.5, 0.6) is 0 Å². The van der Waals surface area contributed by atoms with Crippen molar-refractivity contribution in [3.8, 4) is 0 Å². The van der Waals surface area contributed by atoms with Crippen molar-refractivity contribution in [3.63, 3.8) is 0 Å². The van der Waals surface area contributed by atoms with Crippen LogP contribution in [-0.4, -0.2) is 61.2 Å². The first-order chi connectivity index (χ1) is 15.3. The molecule has 0 unspecified atom stereocenters. The molecule has 0 radical (unpaired) electrons. The molecule has 0 amide bonds. The SMILES string of the molecule is CCC(F)(F)COS(=O)(=O)c1ccc(C)cc1.FC(F)(CN1CCCC1)Cn1cc(I)cn1. The van der Waals surface area contributed by atoms with E-state index in [0.717, 1.165) is 35.1 Å². The minimum absolute atomic E-state index is 0.116. The van der Waals surface area contributed by atoms with Crippen molar-refractivity contribution in [1.82, 2.24) is 14.7 Å². The molecular formula is C21H28F4IN3O3S. The minimum atomic E-state index is -4.10. The van der Waals surface area contributed by atoms with E-state index in [9.17, 15) is 26.0 Å². The predicted molar refractivity (Wildman–Crippen MR) is 125 cm³/mol. The summed E-state index contributed by atoms with van der Waals surface area (Å²) in [6, 6.07) is 5.81. The van der Waals surface area contributed by atoms with Crippen molar-refractivity contribution in [1.29, 1.82) is 0 Å². The third kappa shape index (κ3) is 9.87. The van der Waals surface area contributed by atoms with Crippen molar-refractivity contribution in [3.05, 3.63) is 45.8 Å². The Labute approximate surface area is 205 Å². The molecule has 1 aliphatic rings. The molecule has 3 rings (SSSR count). The van der Waals surface area contributed by atoms with Crippen molar-refractivity contribution in [2.45, 2.75) is 56.4 Å². The van der Waals surface area contributed by atoms with Crippen LogP contribution in [-0.2, 0) is 20.8 Å². The summed E-state index contributed by atoms with van der Waals surface area (Å²) in [5.41, 5.74) is 0.878. The van der Waals surface area contributed by atoms with Gasteiger partial charge >= 0.3 is 0 Å². The lowest BCUT2D eigenvalue weighted by atomic mass is 10.2. The first-order valence-electron chi connectivity index (χ1n) is 10.4. The lowest BCUT2D eigenvalue weighted by Gasteiger charge is -2.22. The Bertz CT molecular complexity index is 979. The monoisotopic (exact) mass is 605 g/mol. The highest BCUT2D eigenvalue weighted by atomic mass is 127. The van der Waals surface area contributed by atoms with Gasteiger partial charge in [0.15, 0.2) is 0 Å². The number of nitrogens with zero attached hydrogens (tertiary/aromatic N) is 3. The first-order valence-corrected chi connectivity index (χ1v) is 12.9. The molecule has 186 valence electrons. The Kier molecular flexibility index (Phi) is 10.1. The largest absolute Gasteiger partial charge is 0.297 e. The fraction of sp³-hybridized carbons (Fsp3) is 0.571. The molecule has 0 aliphatic carbocycles. The van der Waals surface area contributed by atoms with Gasteiger partial charge in [0.25, 0.3) is 22.0 Å². The van der Waals surface area contributed by atoms with Crippen LogP contribution in [0.4, 0.5) is 17.6 Å². The van der Waals surface area contributed by atoms with E-state index in [-0.39, 0.29) is 18.0 Å².